The van der Waals surface area contributed by atoms with Gasteiger partial charge in [0.2, 0.25) is 6.61 Å². The van der Waals surface area contributed by atoms with Crippen molar-refractivity contribution in [2.75, 3.05) is 19.5 Å². The Labute approximate surface area is 94.9 Å². The van der Waals surface area contributed by atoms with E-state index in [4.69, 9.17) is 5.73 Å². The molecule has 16 heavy (non-hydrogen) atoms. The fourth-order valence-electron chi connectivity index (χ4n) is 0.747. The molecule has 0 bridgehead atoms. The van der Waals surface area contributed by atoms with Crippen LogP contribution in [0.1, 0.15) is 5.69 Å². The maximum atomic E-state index is 10.7. The quantitative estimate of drug-likeness (QED) is 0.333. The fraction of sp³-hybridized carbons (Fsp3) is 0.250. The molecule has 1 heterocycles. The van der Waals surface area contributed by atoms with Gasteiger partial charge >= 0.3 is 5.97 Å². The van der Waals surface area contributed by atoms with Gasteiger partial charge in [0, 0.05) is 5.38 Å². The van der Waals surface area contributed by atoms with E-state index in [1.54, 1.807) is 5.38 Å². The van der Waals surface area contributed by atoms with Crippen molar-refractivity contribution in [3.05, 3.63) is 11.1 Å². The summed E-state index contributed by atoms with van der Waals surface area (Å²) in [6, 6.07) is 0. The largest absolute Gasteiger partial charge is 0.466 e. The topological polar surface area (TPSA) is 104 Å². The molecule has 7 nitrogen and oxygen atoms in total. The number of carbonyl (C=O) groups excluding carboxylic acids is 2. The summed E-state index contributed by atoms with van der Waals surface area (Å²) in [7, 11) is 1.22. The summed E-state index contributed by atoms with van der Waals surface area (Å²) in [6.45, 7) is -0.368. The Morgan fingerprint density at radius 2 is 2.50 bits per heavy atom. The van der Waals surface area contributed by atoms with Crippen LogP contribution in [0, 0.1) is 0 Å². The molecule has 0 saturated heterocycles. The van der Waals surface area contributed by atoms with Gasteiger partial charge in [-0.05, 0) is 0 Å². The van der Waals surface area contributed by atoms with Gasteiger partial charge < -0.3 is 15.3 Å². The highest BCUT2D eigenvalue weighted by Gasteiger charge is 2.08. The van der Waals surface area contributed by atoms with Crippen LogP contribution in [0.3, 0.4) is 0 Å². The maximum Gasteiger partial charge on any atom is 0.346 e. The predicted molar refractivity (Wildman–Crippen MR) is 57.1 cm³/mol. The molecule has 1 aromatic heterocycles. The first kappa shape index (κ1) is 12.1. The third-order valence-electron chi connectivity index (χ3n) is 1.47. The highest BCUT2D eigenvalue weighted by Crippen LogP contribution is 2.11. The van der Waals surface area contributed by atoms with E-state index in [9.17, 15) is 9.59 Å². The van der Waals surface area contributed by atoms with E-state index in [-0.39, 0.29) is 12.3 Å². The number of hydrogen-bond acceptors (Lipinski definition) is 8. The number of methoxy groups -OCH3 is 1. The highest BCUT2D eigenvalue weighted by atomic mass is 32.1. The van der Waals surface area contributed by atoms with Crippen LogP contribution in [-0.4, -0.2) is 36.7 Å². The number of hydrogen-bond donors (Lipinski definition) is 1. The molecule has 1 rings (SSSR count). The lowest BCUT2D eigenvalue weighted by atomic mass is 10.3. The highest BCUT2D eigenvalue weighted by molar-refractivity contribution is 7.13. The first-order chi connectivity index (χ1) is 7.67. The van der Waals surface area contributed by atoms with Crippen LogP contribution in [0.4, 0.5) is 5.13 Å². The minimum atomic E-state index is -0.591. The smallest absolute Gasteiger partial charge is 0.346 e. The van der Waals surface area contributed by atoms with Crippen molar-refractivity contribution in [1.29, 1.82) is 0 Å². The molecular formula is C8H9N3O4S. The molecule has 1 aromatic rings. The number of esters is 1. The molecule has 86 valence electrons. The fourth-order valence-corrected chi connectivity index (χ4v) is 1.30. The van der Waals surface area contributed by atoms with Gasteiger partial charge in [0.05, 0.1) is 7.11 Å². The van der Waals surface area contributed by atoms with E-state index in [1.807, 2.05) is 0 Å². The number of aldehydes is 1. The zero-order valence-electron chi connectivity index (χ0n) is 8.37. The number of nitrogens with zero attached hydrogens (tertiary/aromatic N) is 2. The molecule has 8 heteroatoms. The Balaban J connectivity index is 2.64. The van der Waals surface area contributed by atoms with Crippen LogP contribution in [0.2, 0.25) is 0 Å². The number of aromatic nitrogens is 1. The Morgan fingerprint density at radius 1 is 1.75 bits per heavy atom. The van der Waals surface area contributed by atoms with Gasteiger partial charge in [-0.15, -0.1) is 11.3 Å². The number of carbonyl (C=O) groups is 2. The van der Waals surface area contributed by atoms with Crippen molar-refractivity contribution in [2.24, 2.45) is 5.16 Å². The van der Waals surface area contributed by atoms with Gasteiger partial charge in [0.25, 0.3) is 0 Å². The molecule has 0 aromatic carbocycles. The van der Waals surface area contributed by atoms with Crippen LogP contribution in [0.5, 0.6) is 0 Å². The molecule has 0 fully saturated rings. The summed E-state index contributed by atoms with van der Waals surface area (Å²) in [5.74, 6) is -0.591. The second-order valence-corrected chi connectivity index (χ2v) is 3.40. The third-order valence-corrected chi connectivity index (χ3v) is 2.14. The average molecular weight is 243 g/mol. The zero-order valence-corrected chi connectivity index (χ0v) is 9.19. The molecule has 0 spiro atoms. The molecule has 2 N–H and O–H groups in total. The number of nitrogens with two attached hydrogens (primary N) is 1. The van der Waals surface area contributed by atoms with Crippen LogP contribution in [0.25, 0.3) is 0 Å². The number of thiazole rings is 1. The van der Waals surface area contributed by atoms with Gasteiger partial charge in [-0.2, -0.15) is 0 Å². The van der Waals surface area contributed by atoms with Gasteiger partial charge in [0.1, 0.15) is 5.69 Å². The Morgan fingerprint density at radius 3 is 3.00 bits per heavy atom. The summed E-state index contributed by atoms with van der Waals surface area (Å²) in [6.07, 6.45) is 0.464. The van der Waals surface area contributed by atoms with E-state index < -0.39 is 5.97 Å². The summed E-state index contributed by atoms with van der Waals surface area (Å²) in [5, 5.41) is 5.33. The van der Waals surface area contributed by atoms with Gasteiger partial charge in [0.15, 0.2) is 17.1 Å². The maximum absolute atomic E-state index is 10.7. The number of anilines is 1. The molecule has 0 aliphatic carbocycles. The zero-order chi connectivity index (χ0) is 12.0. The second-order valence-electron chi connectivity index (χ2n) is 2.51. The van der Waals surface area contributed by atoms with Crippen LogP contribution in [-0.2, 0) is 19.2 Å². The van der Waals surface area contributed by atoms with Crippen molar-refractivity contribution in [3.8, 4) is 0 Å². The lowest BCUT2D eigenvalue weighted by molar-refractivity contribution is -0.145. The Hall–Kier alpha value is -1.96. The Kier molecular flexibility index (Phi) is 4.40. The monoisotopic (exact) mass is 243 g/mol. The molecule has 0 unspecified atom stereocenters. The molecule has 0 amide bonds. The van der Waals surface area contributed by atoms with E-state index in [0.717, 1.165) is 0 Å². The Bertz CT molecular complexity index is 415. The lowest BCUT2D eigenvalue weighted by Gasteiger charge is -1.97. The molecule has 0 atom stereocenters. The standard InChI is InChI=1S/C8H9N3O4S/c1-14-7(13)3-15-11-5(2-12)6-4-16-8(9)10-6/h2,4H,3H2,1H3,(H2,9,10)/b11-5-. The lowest BCUT2D eigenvalue weighted by Crippen LogP contribution is -2.10. The van der Waals surface area contributed by atoms with Crippen molar-refractivity contribution in [3.63, 3.8) is 0 Å². The van der Waals surface area contributed by atoms with Crippen LogP contribution < -0.4 is 5.73 Å². The van der Waals surface area contributed by atoms with Gasteiger partial charge in [-0.25, -0.2) is 9.78 Å². The van der Waals surface area contributed by atoms with E-state index in [1.165, 1.54) is 18.4 Å². The van der Waals surface area contributed by atoms with E-state index >= 15 is 0 Å². The second kappa shape index (κ2) is 5.81. The van der Waals surface area contributed by atoms with Crippen molar-refractivity contribution in [1.82, 2.24) is 4.98 Å². The SMILES string of the molecule is COC(=O)CO/N=C(/C=O)c1csc(N)n1. The summed E-state index contributed by atoms with van der Waals surface area (Å²) in [5.41, 5.74) is 5.67. The van der Waals surface area contributed by atoms with Crippen molar-refractivity contribution >= 4 is 34.4 Å². The van der Waals surface area contributed by atoms with Crippen molar-refractivity contribution in [2.45, 2.75) is 0 Å². The number of rotatable bonds is 5. The normalized spacial score (nSPS) is 10.9. The predicted octanol–water partition coefficient (Wildman–Crippen LogP) is -0.182. The molecule has 0 aliphatic heterocycles. The minimum Gasteiger partial charge on any atom is -0.466 e. The third kappa shape index (κ3) is 3.31. The molecular weight excluding hydrogens is 234 g/mol. The van der Waals surface area contributed by atoms with E-state index in [2.05, 4.69) is 19.7 Å². The molecule has 0 aliphatic rings. The van der Waals surface area contributed by atoms with E-state index in [0.29, 0.717) is 17.1 Å². The molecule has 0 radical (unpaired) electrons. The first-order valence-corrected chi connectivity index (χ1v) is 4.98. The van der Waals surface area contributed by atoms with Crippen LogP contribution in [0.15, 0.2) is 10.5 Å². The minimum absolute atomic E-state index is 0.0307. The summed E-state index contributed by atoms with van der Waals surface area (Å²) < 4.78 is 4.32. The van der Waals surface area contributed by atoms with Crippen molar-refractivity contribution < 1.29 is 19.2 Å². The molecule has 0 saturated carbocycles. The number of ether oxygens (including phenoxy) is 1. The van der Waals surface area contributed by atoms with Gasteiger partial charge in [-0.3, -0.25) is 4.79 Å². The summed E-state index contributed by atoms with van der Waals surface area (Å²) in [4.78, 5) is 29.8. The first-order valence-electron chi connectivity index (χ1n) is 4.10. The number of oxime groups is 1. The number of nitrogen functional groups attached to an aromatic ring is 1. The van der Waals surface area contributed by atoms with Gasteiger partial charge in [-0.1, -0.05) is 5.16 Å². The van der Waals surface area contributed by atoms with Crippen LogP contribution >= 0.6 is 11.3 Å². The average Bonchev–Trinajstić information content (AvgIpc) is 2.70. The summed E-state index contributed by atoms with van der Waals surface area (Å²) >= 11 is 1.17.